The number of unbranched alkanes of at least 4 members (excludes halogenated alkanes) is 1. The summed E-state index contributed by atoms with van der Waals surface area (Å²) in [6.07, 6.45) is 3.70. The van der Waals surface area contributed by atoms with Gasteiger partial charge in [-0.3, -0.25) is 14.5 Å². The van der Waals surface area contributed by atoms with Gasteiger partial charge in [0.25, 0.3) is 0 Å². The molecule has 3 aromatic rings. The van der Waals surface area contributed by atoms with Gasteiger partial charge in [-0.1, -0.05) is 25.5 Å². The monoisotopic (exact) mass is 604 g/mol. The second-order valence-corrected chi connectivity index (χ2v) is 12.1. The van der Waals surface area contributed by atoms with Crippen molar-refractivity contribution in [3.8, 4) is 11.5 Å². The number of carbonyl (C=O) groups is 1. The number of urea groups is 1. The van der Waals surface area contributed by atoms with E-state index < -0.39 is 39.2 Å². The van der Waals surface area contributed by atoms with E-state index in [2.05, 4.69) is 14.9 Å². The summed E-state index contributed by atoms with van der Waals surface area (Å²) in [4.78, 5) is 16.3. The summed E-state index contributed by atoms with van der Waals surface area (Å²) in [6, 6.07) is 14.7. The third kappa shape index (κ3) is 8.86. The smallest absolute Gasteiger partial charge is 0.322 e. The minimum atomic E-state index is -3.35. The van der Waals surface area contributed by atoms with Crippen LogP contribution in [0.4, 0.5) is 29.3 Å². The van der Waals surface area contributed by atoms with Gasteiger partial charge >= 0.3 is 6.03 Å². The van der Waals surface area contributed by atoms with Crippen LogP contribution in [-0.4, -0.2) is 51.3 Å². The predicted octanol–water partition coefficient (Wildman–Crippen LogP) is 6.25. The van der Waals surface area contributed by atoms with Gasteiger partial charge in [0.2, 0.25) is 10.0 Å². The molecule has 1 saturated heterocycles. The average molecular weight is 605 g/mol. The predicted molar refractivity (Wildman–Crippen MR) is 157 cm³/mol. The van der Waals surface area contributed by atoms with E-state index in [4.69, 9.17) is 4.74 Å². The van der Waals surface area contributed by atoms with Gasteiger partial charge in [-0.25, -0.2) is 26.4 Å². The van der Waals surface area contributed by atoms with E-state index >= 15 is 0 Å². The first-order valence-corrected chi connectivity index (χ1v) is 15.7. The zero-order valence-electron chi connectivity index (χ0n) is 23.6. The molecule has 1 aliphatic heterocycles. The first kappa shape index (κ1) is 31.2. The molecule has 0 radical (unpaired) electrons. The average Bonchev–Trinajstić information content (AvgIpc) is 2.92. The van der Waals surface area contributed by atoms with Gasteiger partial charge < -0.3 is 10.1 Å². The molecule has 2 amide bonds. The molecule has 8 nitrogen and oxygen atoms in total. The number of halogens is 3. The molecule has 0 unspecified atom stereocenters. The molecule has 0 atom stereocenters. The SMILES string of the molecule is CCCCN(C(=O)NC1CCN(Cc2ccc(Oc3ccc(NS(C)(=O)=O)cc3)cc2)CC1)c1c(F)cc(F)cc1F. The third-order valence-corrected chi connectivity index (χ3v) is 7.48. The molecule has 0 bridgehead atoms. The number of rotatable bonds is 11. The quantitative estimate of drug-likeness (QED) is 0.270. The maximum Gasteiger partial charge on any atom is 0.322 e. The number of nitrogens with one attached hydrogen (secondary N) is 2. The van der Waals surface area contributed by atoms with Crippen molar-refractivity contribution in [3.63, 3.8) is 0 Å². The summed E-state index contributed by atoms with van der Waals surface area (Å²) in [5.41, 5.74) is 1.01. The van der Waals surface area contributed by atoms with Crippen molar-refractivity contribution < 1.29 is 31.1 Å². The van der Waals surface area contributed by atoms with E-state index in [1.165, 1.54) is 0 Å². The van der Waals surface area contributed by atoms with Gasteiger partial charge in [0.1, 0.15) is 23.0 Å². The zero-order valence-corrected chi connectivity index (χ0v) is 24.4. The number of carbonyl (C=O) groups excluding carboxylic acids is 1. The molecule has 0 saturated carbocycles. The van der Waals surface area contributed by atoms with Crippen molar-refractivity contribution in [2.45, 2.75) is 45.2 Å². The Balaban J connectivity index is 1.27. The molecule has 0 spiro atoms. The number of hydrogen-bond acceptors (Lipinski definition) is 5. The number of anilines is 2. The molecular formula is C30H35F3N4O4S. The summed E-state index contributed by atoms with van der Waals surface area (Å²) in [7, 11) is -3.35. The van der Waals surface area contributed by atoms with Crippen LogP contribution in [0, 0.1) is 17.5 Å². The van der Waals surface area contributed by atoms with Gasteiger partial charge in [0.15, 0.2) is 11.6 Å². The van der Waals surface area contributed by atoms with Crippen LogP contribution in [0.3, 0.4) is 0 Å². The van der Waals surface area contributed by atoms with Gasteiger partial charge in [-0.15, -0.1) is 0 Å². The minimum absolute atomic E-state index is 0.117. The fraction of sp³-hybridized carbons (Fsp3) is 0.367. The van der Waals surface area contributed by atoms with Crippen molar-refractivity contribution in [2.75, 3.05) is 35.5 Å². The molecule has 0 aromatic heterocycles. The number of piperidine rings is 1. The van der Waals surface area contributed by atoms with E-state index in [1.807, 2.05) is 31.2 Å². The standard InChI is InChI=1S/C30H35F3N4O4S/c1-3-4-15-37(29-27(32)18-22(31)19-28(29)33)30(38)34-23-13-16-36(17-14-23)20-21-5-9-25(10-6-21)41-26-11-7-24(8-12-26)35-42(2,39)40/h5-12,18-19,23,35H,3-4,13-17,20H2,1-2H3,(H,34,38). The zero-order chi connectivity index (χ0) is 30.3. The van der Waals surface area contributed by atoms with Crippen molar-refractivity contribution in [2.24, 2.45) is 0 Å². The van der Waals surface area contributed by atoms with Crippen LogP contribution < -0.4 is 19.7 Å². The Kier molecular flexibility index (Phi) is 10.3. The molecule has 3 aromatic carbocycles. The van der Waals surface area contributed by atoms with Crippen LogP contribution in [0.1, 0.15) is 38.2 Å². The van der Waals surface area contributed by atoms with Crippen molar-refractivity contribution >= 4 is 27.4 Å². The third-order valence-electron chi connectivity index (χ3n) is 6.87. The highest BCUT2D eigenvalue weighted by molar-refractivity contribution is 7.92. The maximum absolute atomic E-state index is 14.4. The fourth-order valence-corrected chi connectivity index (χ4v) is 5.34. The van der Waals surface area contributed by atoms with Crippen LogP contribution in [0.15, 0.2) is 60.7 Å². The van der Waals surface area contributed by atoms with Crippen LogP contribution in [0.25, 0.3) is 0 Å². The maximum atomic E-state index is 14.4. The molecule has 12 heteroatoms. The number of likely N-dealkylation sites (tertiary alicyclic amines) is 1. The van der Waals surface area contributed by atoms with E-state index in [0.29, 0.717) is 55.1 Å². The molecular weight excluding hydrogens is 569 g/mol. The lowest BCUT2D eigenvalue weighted by Gasteiger charge is -2.34. The highest BCUT2D eigenvalue weighted by atomic mass is 32.2. The molecule has 4 rings (SSSR count). The van der Waals surface area contributed by atoms with Gasteiger partial charge in [0, 0.05) is 50.0 Å². The molecule has 1 fully saturated rings. The largest absolute Gasteiger partial charge is 0.457 e. The molecule has 226 valence electrons. The lowest BCUT2D eigenvalue weighted by atomic mass is 10.0. The number of amides is 2. The van der Waals surface area contributed by atoms with E-state index in [-0.39, 0.29) is 12.6 Å². The molecule has 0 aliphatic carbocycles. The van der Waals surface area contributed by atoms with E-state index in [9.17, 15) is 26.4 Å². The summed E-state index contributed by atoms with van der Waals surface area (Å²) in [5.74, 6) is -2.03. The Labute approximate surface area is 244 Å². The van der Waals surface area contributed by atoms with Gasteiger partial charge in [-0.2, -0.15) is 0 Å². The topological polar surface area (TPSA) is 91.0 Å². The summed E-state index contributed by atoms with van der Waals surface area (Å²) < 4.78 is 73.3. The molecule has 42 heavy (non-hydrogen) atoms. The Morgan fingerprint density at radius 2 is 1.55 bits per heavy atom. The summed E-state index contributed by atoms with van der Waals surface area (Å²) in [5, 5.41) is 2.91. The van der Waals surface area contributed by atoms with E-state index in [0.717, 1.165) is 36.2 Å². The number of hydrogen-bond donors (Lipinski definition) is 2. The first-order valence-electron chi connectivity index (χ1n) is 13.8. The second kappa shape index (κ2) is 13.9. The van der Waals surface area contributed by atoms with Crippen molar-refractivity contribution in [1.29, 1.82) is 0 Å². The molecule has 2 N–H and O–H groups in total. The molecule has 1 aliphatic rings. The normalized spacial score (nSPS) is 14.4. The highest BCUT2D eigenvalue weighted by Gasteiger charge is 2.27. The Hall–Kier alpha value is -3.77. The minimum Gasteiger partial charge on any atom is -0.457 e. The van der Waals surface area contributed by atoms with Crippen LogP contribution in [0.5, 0.6) is 11.5 Å². The van der Waals surface area contributed by atoms with Crippen LogP contribution in [0.2, 0.25) is 0 Å². The Bertz CT molecular complexity index is 1440. The summed E-state index contributed by atoms with van der Waals surface area (Å²) in [6.45, 7) is 4.19. The van der Waals surface area contributed by atoms with Gasteiger partial charge in [0.05, 0.1) is 6.26 Å². The number of nitrogens with zero attached hydrogens (tertiary/aromatic N) is 2. The Morgan fingerprint density at radius 1 is 0.976 bits per heavy atom. The van der Waals surface area contributed by atoms with E-state index in [1.54, 1.807) is 24.3 Å². The van der Waals surface area contributed by atoms with Crippen molar-refractivity contribution in [3.05, 3.63) is 83.7 Å². The lowest BCUT2D eigenvalue weighted by molar-refractivity contribution is 0.188. The Morgan fingerprint density at radius 3 is 2.10 bits per heavy atom. The number of ether oxygens (including phenoxy) is 1. The van der Waals surface area contributed by atoms with Crippen LogP contribution >= 0.6 is 0 Å². The number of sulfonamides is 1. The first-order chi connectivity index (χ1) is 20.0. The van der Waals surface area contributed by atoms with Crippen LogP contribution in [-0.2, 0) is 16.6 Å². The highest BCUT2D eigenvalue weighted by Crippen LogP contribution is 2.27. The van der Waals surface area contributed by atoms with Gasteiger partial charge in [-0.05, 0) is 61.2 Å². The lowest BCUT2D eigenvalue weighted by Crippen LogP contribution is -2.50. The number of benzene rings is 3. The fourth-order valence-electron chi connectivity index (χ4n) is 4.77. The molecule has 1 heterocycles. The second-order valence-electron chi connectivity index (χ2n) is 10.4. The summed E-state index contributed by atoms with van der Waals surface area (Å²) >= 11 is 0. The van der Waals surface area contributed by atoms with Crippen molar-refractivity contribution in [1.82, 2.24) is 10.2 Å².